The van der Waals surface area contributed by atoms with Crippen LogP contribution in [0.1, 0.15) is 23.7 Å². The number of nitrogens with zero attached hydrogens (tertiary/aromatic N) is 2. The smallest absolute Gasteiger partial charge is 0.423 e. The highest BCUT2D eigenvalue weighted by molar-refractivity contribution is 6.30. The predicted molar refractivity (Wildman–Crippen MR) is 96.1 cm³/mol. The van der Waals surface area contributed by atoms with Crippen LogP contribution >= 0.6 is 11.6 Å². The lowest BCUT2D eigenvalue weighted by atomic mass is 10.1. The van der Waals surface area contributed by atoms with Crippen molar-refractivity contribution in [3.05, 3.63) is 68.7 Å². The molecule has 2 aromatic rings. The quantitative estimate of drug-likeness (QED) is 0.463. The van der Waals surface area contributed by atoms with E-state index in [4.69, 9.17) is 16.3 Å². The second-order valence-electron chi connectivity index (χ2n) is 6.18. The zero-order valence-electron chi connectivity index (χ0n) is 14.7. The fraction of sp³-hybridized carbons (Fsp3) is 0.333. The van der Waals surface area contributed by atoms with Gasteiger partial charge in [-0.3, -0.25) is 10.1 Å². The van der Waals surface area contributed by atoms with Crippen molar-refractivity contribution in [3.8, 4) is 5.75 Å². The first kappa shape index (κ1) is 21.0. The van der Waals surface area contributed by atoms with E-state index < -0.39 is 28.5 Å². The number of halogens is 4. The SMILES string of the molecule is CN(C)CCC(Oc1ccc([N+](=O)[O-])c(C(F)(F)F)c1)c1ccc(Cl)cc1. The van der Waals surface area contributed by atoms with Crippen molar-refractivity contribution in [2.24, 2.45) is 0 Å². The summed E-state index contributed by atoms with van der Waals surface area (Å²) >= 11 is 5.88. The molecule has 2 aromatic carbocycles. The van der Waals surface area contributed by atoms with E-state index in [1.54, 1.807) is 24.3 Å². The molecule has 1 atom stereocenters. The molecule has 146 valence electrons. The molecule has 27 heavy (non-hydrogen) atoms. The van der Waals surface area contributed by atoms with Gasteiger partial charge in [-0.25, -0.2) is 0 Å². The van der Waals surface area contributed by atoms with Crippen LogP contribution in [-0.4, -0.2) is 30.5 Å². The first-order chi connectivity index (χ1) is 12.6. The summed E-state index contributed by atoms with van der Waals surface area (Å²) in [7, 11) is 3.74. The molecule has 0 aliphatic carbocycles. The predicted octanol–water partition coefficient (Wildman–Crippen LogP) is 5.34. The van der Waals surface area contributed by atoms with Crippen LogP contribution in [0.25, 0.3) is 0 Å². The van der Waals surface area contributed by atoms with E-state index in [1.807, 2.05) is 19.0 Å². The Balaban J connectivity index is 2.36. The van der Waals surface area contributed by atoms with Crippen LogP contribution in [0, 0.1) is 10.1 Å². The molecule has 0 radical (unpaired) electrons. The van der Waals surface area contributed by atoms with Crippen molar-refractivity contribution >= 4 is 17.3 Å². The fourth-order valence-corrected chi connectivity index (χ4v) is 2.61. The Labute approximate surface area is 159 Å². The highest BCUT2D eigenvalue weighted by atomic mass is 35.5. The highest BCUT2D eigenvalue weighted by Gasteiger charge is 2.38. The van der Waals surface area contributed by atoms with E-state index in [0.29, 0.717) is 24.1 Å². The van der Waals surface area contributed by atoms with Gasteiger partial charge in [-0.05, 0) is 43.9 Å². The molecule has 0 fully saturated rings. The minimum absolute atomic E-state index is 0.0911. The van der Waals surface area contributed by atoms with Crippen LogP contribution in [0.2, 0.25) is 5.02 Å². The molecular weight excluding hydrogens is 385 g/mol. The third kappa shape index (κ3) is 5.83. The Hall–Kier alpha value is -2.32. The normalized spacial score (nSPS) is 12.9. The zero-order valence-corrected chi connectivity index (χ0v) is 15.4. The lowest BCUT2D eigenvalue weighted by molar-refractivity contribution is -0.388. The summed E-state index contributed by atoms with van der Waals surface area (Å²) in [4.78, 5) is 11.7. The van der Waals surface area contributed by atoms with Gasteiger partial charge in [0.05, 0.1) is 4.92 Å². The van der Waals surface area contributed by atoms with Crippen molar-refractivity contribution in [3.63, 3.8) is 0 Å². The van der Waals surface area contributed by atoms with Crippen LogP contribution < -0.4 is 4.74 Å². The number of nitro groups is 1. The zero-order chi connectivity index (χ0) is 20.2. The second-order valence-corrected chi connectivity index (χ2v) is 6.62. The molecule has 0 aliphatic heterocycles. The molecule has 0 aliphatic rings. The number of alkyl halides is 3. The monoisotopic (exact) mass is 402 g/mol. The number of rotatable bonds is 7. The minimum Gasteiger partial charge on any atom is -0.486 e. The average molecular weight is 403 g/mol. The molecule has 5 nitrogen and oxygen atoms in total. The molecule has 0 saturated heterocycles. The van der Waals surface area contributed by atoms with Crippen LogP contribution in [0.15, 0.2) is 42.5 Å². The molecule has 0 saturated carbocycles. The summed E-state index contributed by atoms with van der Waals surface area (Å²) in [6.45, 7) is 0.631. The van der Waals surface area contributed by atoms with E-state index in [1.165, 1.54) is 6.07 Å². The average Bonchev–Trinajstić information content (AvgIpc) is 2.58. The maximum Gasteiger partial charge on any atom is 0.423 e. The van der Waals surface area contributed by atoms with Crippen molar-refractivity contribution in [1.29, 1.82) is 0 Å². The van der Waals surface area contributed by atoms with Gasteiger partial charge in [0.25, 0.3) is 5.69 Å². The third-order valence-corrected chi connectivity index (χ3v) is 4.08. The van der Waals surface area contributed by atoms with Crippen molar-refractivity contribution in [1.82, 2.24) is 4.90 Å². The topological polar surface area (TPSA) is 55.6 Å². The third-order valence-electron chi connectivity index (χ3n) is 3.83. The van der Waals surface area contributed by atoms with Gasteiger partial charge in [0.15, 0.2) is 0 Å². The lowest BCUT2D eigenvalue weighted by Gasteiger charge is -2.22. The minimum atomic E-state index is -4.86. The van der Waals surface area contributed by atoms with Gasteiger partial charge in [0.1, 0.15) is 17.4 Å². The number of nitro benzene ring substituents is 1. The Bertz CT molecular complexity index is 795. The standard InChI is InChI=1S/C18H18ClF3N2O3/c1-23(2)10-9-17(12-3-5-13(19)6-4-12)27-14-7-8-16(24(25)26)15(11-14)18(20,21)22/h3-8,11,17H,9-10H2,1-2H3. The first-order valence-electron chi connectivity index (χ1n) is 8.00. The summed E-state index contributed by atoms with van der Waals surface area (Å²) in [6.07, 6.45) is -4.89. The van der Waals surface area contributed by atoms with E-state index in [-0.39, 0.29) is 5.75 Å². The summed E-state index contributed by atoms with van der Waals surface area (Å²) in [5.41, 5.74) is -1.60. The van der Waals surface area contributed by atoms with Crippen LogP contribution in [-0.2, 0) is 6.18 Å². The number of benzene rings is 2. The first-order valence-corrected chi connectivity index (χ1v) is 8.38. The van der Waals surface area contributed by atoms with E-state index in [9.17, 15) is 23.3 Å². The summed E-state index contributed by atoms with van der Waals surface area (Å²) < 4.78 is 45.3. The second kappa shape index (κ2) is 8.58. The van der Waals surface area contributed by atoms with Gasteiger partial charge < -0.3 is 9.64 Å². The van der Waals surface area contributed by atoms with Crippen LogP contribution in [0.5, 0.6) is 5.75 Å². The van der Waals surface area contributed by atoms with Gasteiger partial charge in [-0.2, -0.15) is 13.2 Å². The molecule has 0 aromatic heterocycles. The fourth-order valence-electron chi connectivity index (χ4n) is 2.49. The molecule has 1 unspecified atom stereocenters. The van der Waals surface area contributed by atoms with Crippen LogP contribution in [0.3, 0.4) is 0 Å². The maximum absolute atomic E-state index is 13.2. The highest BCUT2D eigenvalue weighted by Crippen LogP contribution is 2.39. The molecule has 0 spiro atoms. The summed E-state index contributed by atoms with van der Waals surface area (Å²) in [5.74, 6) is -0.0911. The molecule has 2 rings (SSSR count). The summed E-state index contributed by atoms with van der Waals surface area (Å²) in [5, 5.41) is 11.4. The lowest BCUT2D eigenvalue weighted by Crippen LogP contribution is -2.19. The summed E-state index contributed by atoms with van der Waals surface area (Å²) in [6, 6.07) is 9.45. The molecule has 0 amide bonds. The van der Waals surface area contributed by atoms with Crippen molar-refractivity contribution in [2.45, 2.75) is 18.7 Å². The molecule has 9 heteroatoms. The number of hydrogen-bond acceptors (Lipinski definition) is 4. The Kier molecular flexibility index (Phi) is 6.67. The number of ether oxygens (including phenoxy) is 1. The molecule has 0 bridgehead atoms. The maximum atomic E-state index is 13.2. The van der Waals surface area contributed by atoms with E-state index >= 15 is 0 Å². The van der Waals surface area contributed by atoms with Crippen molar-refractivity contribution < 1.29 is 22.8 Å². The molecular formula is C18H18ClF3N2O3. The van der Waals surface area contributed by atoms with Gasteiger partial charge >= 0.3 is 6.18 Å². The number of hydrogen-bond donors (Lipinski definition) is 0. The van der Waals surface area contributed by atoms with E-state index in [0.717, 1.165) is 11.6 Å². The van der Waals surface area contributed by atoms with Gasteiger partial charge in [-0.15, -0.1) is 0 Å². The van der Waals surface area contributed by atoms with E-state index in [2.05, 4.69) is 0 Å². The Morgan fingerprint density at radius 3 is 2.33 bits per heavy atom. The van der Waals surface area contributed by atoms with Gasteiger partial charge in [0, 0.05) is 24.1 Å². The van der Waals surface area contributed by atoms with Gasteiger partial charge in [-0.1, -0.05) is 23.7 Å². The van der Waals surface area contributed by atoms with Gasteiger partial charge in [0.2, 0.25) is 0 Å². The molecule has 0 N–H and O–H groups in total. The largest absolute Gasteiger partial charge is 0.486 e. The Morgan fingerprint density at radius 2 is 1.81 bits per heavy atom. The molecule has 0 heterocycles. The Morgan fingerprint density at radius 1 is 1.19 bits per heavy atom. The van der Waals surface area contributed by atoms with Crippen molar-refractivity contribution in [2.75, 3.05) is 20.6 Å². The van der Waals surface area contributed by atoms with Crippen LogP contribution in [0.4, 0.5) is 18.9 Å².